The van der Waals surface area contributed by atoms with E-state index in [2.05, 4.69) is 19.2 Å². The average molecular weight is 265 g/mol. The van der Waals surface area contributed by atoms with Crippen LogP contribution in [-0.2, 0) is 0 Å². The summed E-state index contributed by atoms with van der Waals surface area (Å²) < 4.78 is 10.6. The van der Waals surface area contributed by atoms with Gasteiger partial charge in [-0.2, -0.15) is 0 Å². The van der Waals surface area contributed by atoms with Gasteiger partial charge in [-0.3, -0.25) is 0 Å². The number of rotatable bonds is 9. The Morgan fingerprint density at radius 2 is 1.95 bits per heavy atom. The molecule has 0 radical (unpaired) electrons. The van der Waals surface area contributed by atoms with E-state index in [1.807, 2.05) is 18.2 Å². The van der Waals surface area contributed by atoms with E-state index in [9.17, 15) is 0 Å². The zero-order valence-corrected chi connectivity index (χ0v) is 12.7. The third kappa shape index (κ3) is 5.01. The standard InChI is InChI=1S/C16H27NO2/c1-5-7-8-13(6-2)12-17-15-11-14(18-3)9-10-16(15)19-4/h9-11,13,17H,5-8,12H2,1-4H3. The molecule has 0 spiro atoms. The van der Waals surface area contributed by atoms with Crippen molar-refractivity contribution in [2.75, 3.05) is 26.1 Å². The number of ether oxygens (including phenoxy) is 2. The molecule has 0 aliphatic rings. The van der Waals surface area contributed by atoms with Crippen LogP contribution < -0.4 is 14.8 Å². The summed E-state index contributed by atoms with van der Waals surface area (Å²) in [5.74, 6) is 2.44. The van der Waals surface area contributed by atoms with Gasteiger partial charge in [-0.05, 0) is 24.5 Å². The second-order valence-corrected chi connectivity index (χ2v) is 4.86. The van der Waals surface area contributed by atoms with Gasteiger partial charge in [-0.25, -0.2) is 0 Å². The zero-order valence-electron chi connectivity index (χ0n) is 12.7. The van der Waals surface area contributed by atoms with Crippen LogP contribution in [0.3, 0.4) is 0 Å². The van der Waals surface area contributed by atoms with E-state index in [4.69, 9.17) is 9.47 Å². The van der Waals surface area contributed by atoms with Crippen LogP contribution >= 0.6 is 0 Å². The van der Waals surface area contributed by atoms with E-state index in [0.717, 1.165) is 29.6 Å². The van der Waals surface area contributed by atoms with Crippen LogP contribution in [0.2, 0.25) is 0 Å². The highest BCUT2D eigenvalue weighted by Gasteiger charge is 2.09. The minimum Gasteiger partial charge on any atom is -0.497 e. The second kappa shape index (κ2) is 8.68. The maximum absolute atomic E-state index is 5.37. The van der Waals surface area contributed by atoms with Crippen molar-refractivity contribution in [3.63, 3.8) is 0 Å². The average Bonchev–Trinajstić information content (AvgIpc) is 2.47. The van der Waals surface area contributed by atoms with E-state index >= 15 is 0 Å². The van der Waals surface area contributed by atoms with E-state index in [1.54, 1.807) is 14.2 Å². The fourth-order valence-corrected chi connectivity index (χ4v) is 2.15. The summed E-state index contributed by atoms with van der Waals surface area (Å²) in [4.78, 5) is 0. The SMILES string of the molecule is CCCCC(CC)CNc1cc(OC)ccc1OC. The molecule has 1 aromatic carbocycles. The highest BCUT2D eigenvalue weighted by atomic mass is 16.5. The van der Waals surface area contributed by atoms with E-state index in [0.29, 0.717) is 0 Å². The topological polar surface area (TPSA) is 30.5 Å². The van der Waals surface area contributed by atoms with E-state index in [-0.39, 0.29) is 0 Å². The van der Waals surface area contributed by atoms with Gasteiger partial charge in [0.05, 0.1) is 19.9 Å². The third-order valence-electron chi connectivity index (χ3n) is 3.53. The Morgan fingerprint density at radius 3 is 2.53 bits per heavy atom. The van der Waals surface area contributed by atoms with Gasteiger partial charge in [0.1, 0.15) is 11.5 Å². The summed E-state index contributed by atoms with van der Waals surface area (Å²) in [6.07, 6.45) is 5.06. The largest absolute Gasteiger partial charge is 0.497 e. The lowest BCUT2D eigenvalue weighted by molar-refractivity contribution is 0.403. The van der Waals surface area contributed by atoms with Gasteiger partial charge in [0, 0.05) is 12.6 Å². The highest BCUT2D eigenvalue weighted by Crippen LogP contribution is 2.29. The summed E-state index contributed by atoms with van der Waals surface area (Å²) in [7, 11) is 3.38. The number of hydrogen-bond donors (Lipinski definition) is 1. The molecule has 3 nitrogen and oxygen atoms in total. The molecule has 1 atom stereocenters. The molecule has 0 aliphatic carbocycles. The van der Waals surface area contributed by atoms with E-state index in [1.165, 1.54) is 25.7 Å². The van der Waals surface area contributed by atoms with Crippen LogP contribution in [0.25, 0.3) is 0 Å². The first-order valence-corrected chi connectivity index (χ1v) is 7.21. The van der Waals surface area contributed by atoms with Crippen LogP contribution in [0, 0.1) is 5.92 Å². The molecule has 19 heavy (non-hydrogen) atoms. The number of benzene rings is 1. The van der Waals surface area contributed by atoms with Gasteiger partial charge < -0.3 is 14.8 Å². The molecule has 0 saturated carbocycles. The second-order valence-electron chi connectivity index (χ2n) is 4.86. The van der Waals surface area contributed by atoms with Crippen molar-refractivity contribution in [2.24, 2.45) is 5.92 Å². The van der Waals surface area contributed by atoms with Crippen molar-refractivity contribution in [1.82, 2.24) is 0 Å². The van der Waals surface area contributed by atoms with Gasteiger partial charge >= 0.3 is 0 Å². The number of anilines is 1. The smallest absolute Gasteiger partial charge is 0.142 e. The predicted molar refractivity (Wildman–Crippen MR) is 81.3 cm³/mol. The molecule has 108 valence electrons. The van der Waals surface area contributed by atoms with Crippen molar-refractivity contribution < 1.29 is 9.47 Å². The van der Waals surface area contributed by atoms with Gasteiger partial charge in [-0.1, -0.05) is 33.1 Å². The minimum atomic E-state index is 0.718. The summed E-state index contributed by atoms with van der Waals surface area (Å²) in [6, 6.07) is 5.85. The van der Waals surface area contributed by atoms with Crippen LogP contribution in [-0.4, -0.2) is 20.8 Å². The molecule has 0 aliphatic heterocycles. The Morgan fingerprint density at radius 1 is 1.16 bits per heavy atom. The minimum absolute atomic E-state index is 0.718. The third-order valence-corrected chi connectivity index (χ3v) is 3.53. The van der Waals surface area contributed by atoms with Crippen molar-refractivity contribution in [3.05, 3.63) is 18.2 Å². The summed E-state index contributed by atoms with van der Waals surface area (Å²) in [5, 5.41) is 3.49. The Bertz CT molecular complexity index is 366. The lowest BCUT2D eigenvalue weighted by atomic mass is 9.99. The van der Waals surface area contributed by atoms with Crippen LogP contribution in [0.15, 0.2) is 18.2 Å². The Hall–Kier alpha value is -1.38. The van der Waals surface area contributed by atoms with Gasteiger partial charge in [0.15, 0.2) is 0 Å². The Kier molecular flexibility index (Phi) is 7.16. The number of methoxy groups -OCH3 is 2. The van der Waals surface area contributed by atoms with Crippen molar-refractivity contribution in [3.8, 4) is 11.5 Å². The molecular weight excluding hydrogens is 238 g/mol. The summed E-state index contributed by atoms with van der Waals surface area (Å²) in [6.45, 7) is 5.48. The molecule has 0 bridgehead atoms. The first-order valence-electron chi connectivity index (χ1n) is 7.21. The monoisotopic (exact) mass is 265 g/mol. The summed E-state index contributed by atoms with van der Waals surface area (Å²) >= 11 is 0. The lowest BCUT2D eigenvalue weighted by Gasteiger charge is -2.18. The molecule has 0 heterocycles. The van der Waals surface area contributed by atoms with Gasteiger partial charge in [-0.15, -0.1) is 0 Å². The maximum atomic E-state index is 5.37. The normalized spacial score (nSPS) is 12.0. The highest BCUT2D eigenvalue weighted by molar-refractivity contribution is 5.59. The molecule has 3 heteroatoms. The molecule has 0 amide bonds. The first-order chi connectivity index (χ1) is 9.24. The molecule has 1 aromatic rings. The van der Waals surface area contributed by atoms with Crippen LogP contribution in [0.1, 0.15) is 39.5 Å². The van der Waals surface area contributed by atoms with Gasteiger partial charge in [0.25, 0.3) is 0 Å². The Balaban J connectivity index is 2.63. The number of unbranched alkanes of at least 4 members (excludes halogenated alkanes) is 1. The molecule has 1 unspecified atom stereocenters. The quantitative estimate of drug-likeness (QED) is 0.720. The van der Waals surface area contributed by atoms with Crippen molar-refractivity contribution in [1.29, 1.82) is 0 Å². The van der Waals surface area contributed by atoms with E-state index < -0.39 is 0 Å². The molecule has 1 N–H and O–H groups in total. The number of nitrogens with one attached hydrogen (secondary N) is 1. The molecule has 0 saturated heterocycles. The van der Waals surface area contributed by atoms with Crippen molar-refractivity contribution >= 4 is 5.69 Å². The number of hydrogen-bond acceptors (Lipinski definition) is 3. The molecule has 0 fully saturated rings. The molecule has 1 rings (SSSR count). The fourth-order valence-electron chi connectivity index (χ4n) is 2.15. The Labute approximate surface area is 117 Å². The lowest BCUT2D eigenvalue weighted by Crippen LogP contribution is -2.14. The predicted octanol–water partition coefficient (Wildman–Crippen LogP) is 4.33. The fraction of sp³-hybridized carbons (Fsp3) is 0.625. The summed E-state index contributed by atoms with van der Waals surface area (Å²) in [5.41, 5.74) is 1.01. The van der Waals surface area contributed by atoms with Crippen LogP contribution in [0.4, 0.5) is 5.69 Å². The maximum Gasteiger partial charge on any atom is 0.142 e. The van der Waals surface area contributed by atoms with Gasteiger partial charge in [0.2, 0.25) is 0 Å². The first kappa shape index (κ1) is 15.7. The molecule has 0 aromatic heterocycles. The zero-order chi connectivity index (χ0) is 14.1. The van der Waals surface area contributed by atoms with Crippen molar-refractivity contribution in [2.45, 2.75) is 39.5 Å². The van der Waals surface area contributed by atoms with Crippen LogP contribution in [0.5, 0.6) is 11.5 Å². The molecular formula is C16H27NO2.